The molecule has 1 aromatic carbocycles. The number of nitrogens with zero attached hydrogens (tertiary/aromatic N) is 1. The number of aliphatic carboxylic acids is 1. The highest BCUT2D eigenvalue weighted by atomic mass is 16.4. The van der Waals surface area contributed by atoms with E-state index in [2.05, 4.69) is 0 Å². The number of hydrogen-bond donors (Lipinski definition) is 1. The number of rotatable bonds is 4. The van der Waals surface area contributed by atoms with Crippen LogP contribution in [0.25, 0.3) is 0 Å². The number of benzene rings is 1. The summed E-state index contributed by atoms with van der Waals surface area (Å²) in [7, 11) is 0. The fourth-order valence-electron chi connectivity index (χ4n) is 3.08. The molecule has 1 aliphatic heterocycles. The van der Waals surface area contributed by atoms with E-state index in [1.54, 1.807) is 4.90 Å². The molecule has 0 radical (unpaired) electrons. The van der Waals surface area contributed by atoms with Gasteiger partial charge in [-0.05, 0) is 30.7 Å². The van der Waals surface area contributed by atoms with Crippen LogP contribution < -0.4 is 0 Å². The maximum Gasteiger partial charge on any atom is 0.326 e. The van der Waals surface area contributed by atoms with Gasteiger partial charge in [-0.25, -0.2) is 4.79 Å². The molecule has 4 nitrogen and oxygen atoms in total. The molecular weight excluding hydrogens is 266 g/mol. The molecule has 1 heterocycles. The van der Waals surface area contributed by atoms with Crippen molar-refractivity contribution in [3.63, 3.8) is 0 Å². The second-order valence-electron chi connectivity index (χ2n) is 5.89. The second kappa shape index (κ2) is 6.74. The normalized spacial score (nSPS) is 23.6. The maximum atomic E-state index is 12.8. The van der Waals surface area contributed by atoms with E-state index in [0.29, 0.717) is 25.3 Å². The molecule has 1 aliphatic rings. The zero-order valence-electron chi connectivity index (χ0n) is 12.7. The smallest absolute Gasteiger partial charge is 0.326 e. The third-order valence-corrected chi connectivity index (χ3v) is 4.34. The minimum Gasteiger partial charge on any atom is -0.480 e. The Balaban J connectivity index is 2.22. The summed E-state index contributed by atoms with van der Waals surface area (Å²) in [5, 5.41) is 9.41. The van der Waals surface area contributed by atoms with Crippen molar-refractivity contribution in [1.82, 2.24) is 4.90 Å². The molecule has 0 aromatic heterocycles. The van der Waals surface area contributed by atoms with Gasteiger partial charge in [-0.2, -0.15) is 0 Å². The topological polar surface area (TPSA) is 57.6 Å². The first-order valence-corrected chi connectivity index (χ1v) is 7.62. The number of likely N-dealkylation sites (tertiary alicyclic amines) is 1. The lowest BCUT2D eigenvalue weighted by Gasteiger charge is -2.38. The van der Waals surface area contributed by atoms with Crippen LogP contribution in [0.15, 0.2) is 30.3 Å². The van der Waals surface area contributed by atoms with Crippen LogP contribution in [0.5, 0.6) is 0 Å². The Bertz CT molecular complexity index is 500. The van der Waals surface area contributed by atoms with E-state index in [-0.39, 0.29) is 11.8 Å². The van der Waals surface area contributed by atoms with E-state index < -0.39 is 12.0 Å². The van der Waals surface area contributed by atoms with E-state index in [1.165, 1.54) is 0 Å². The summed E-state index contributed by atoms with van der Waals surface area (Å²) < 4.78 is 0. The summed E-state index contributed by atoms with van der Waals surface area (Å²) in [5.41, 5.74) is 0.966. The van der Waals surface area contributed by atoms with Gasteiger partial charge in [0.2, 0.25) is 5.91 Å². The molecule has 0 saturated carbocycles. The van der Waals surface area contributed by atoms with E-state index in [1.807, 2.05) is 44.2 Å². The molecule has 3 unspecified atom stereocenters. The number of carbonyl (C=O) groups is 2. The van der Waals surface area contributed by atoms with Crippen molar-refractivity contribution >= 4 is 11.9 Å². The van der Waals surface area contributed by atoms with Gasteiger partial charge >= 0.3 is 5.97 Å². The van der Waals surface area contributed by atoms with Gasteiger partial charge in [0.25, 0.3) is 0 Å². The van der Waals surface area contributed by atoms with E-state index in [4.69, 9.17) is 0 Å². The van der Waals surface area contributed by atoms with Crippen molar-refractivity contribution < 1.29 is 14.7 Å². The van der Waals surface area contributed by atoms with Gasteiger partial charge in [0, 0.05) is 6.54 Å². The molecule has 2 rings (SSSR count). The second-order valence-corrected chi connectivity index (χ2v) is 5.89. The Morgan fingerprint density at radius 3 is 2.57 bits per heavy atom. The van der Waals surface area contributed by atoms with Crippen LogP contribution in [0.3, 0.4) is 0 Å². The summed E-state index contributed by atoms with van der Waals surface area (Å²) >= 11 is 0. The SMILES string of the molecule is CCC(C(=O)N1CCC(C)CC1C(=O)O)c1ccccc1. The zero-order valence-corrected chi connectivity index (χ0v) is 12.7. The van der Waals surface area contributed by atoms with Gasteiger partial charge in [0.15, 0.2) is 0 Å². The molecule has 3 atom stereocenters. The lowest BCUT2D eigenvalue weighted by atomic mass is 9.89. The molecule has 1 N–H and O–H groups in total. The van der Waals surface area contributed by atoms with Crippen molar-refractivity contribution in [3.8, 4) is 0 Å². The minimum atomic E-state index is -0.891. The van der Waals surface area contributed by atoms with Crippen LogP contribution in [0, 0.1) is 5.92 Å². The van der Waals surface area contributed by atoms with Gasteiger partial charge in [-0.15, -0.1) is 0 Å². The fraction of sp³-hybridized carbons (Fsp3) is 0.529. The zero-order chi connectivity index (χ0) is 15.4. The van der Waals surface area contributed by atoms with E-state index in [0.717, 1.165) is 12.0 Å². The highest BCUT2D eigenvalue weighted by Gasteiger charge is 2.37. The van der Waals surface area contributed by atoms with Gasteiger partial charge in [-0.3, -0.25) is 4.79 Å². The molecule has 0 bridgehead atoms. The van der Waals surface area contributed by atoms with Crippen LogP contribution in [-0.2, 0) is 9.59 Å². The molecule has 1 aromatic rings. The van der Waals surface area contributed by atoms with Gasteiger partial charge in [0.05, 0.1) is 5.92 Å². The highest BCUT2D eigenvalue weighted by Crippen LogP contribution is 2.28. The lowest BCUT2D eigenvalue weighted by Crippen LogP contribution is -2.51. The van der Waals surface area contributed by atoms with Crippen molar-refractivity contribution in [2.24, 2.45) is 5.92 Å². The fourth-order valence-corrected chi connectivity index (χ4v) is 3.08. The monoisotopic (exact) mass is 289 g/mol. The van der Waals surface area contributed by atoms with Crippen molar-refractivity contribution in [2.75, 3.05) is 6.54 Å². The standard InChI is InChI=1S/C17H23NO3/c1-3-14(13-7-5-4-6-8-13)16(19)18-10-9-12(2)11-15(18)17(20)21/h4-8,12,14-15H,3,9-11H2,1-2H3,(H,20,21). The average molecular weight is 289 g/mol. The molecule has 1 saturated heterocycles. The maximum absolute atomic E-state index is 12.8. The number of piperidine rings is 1. The summed E-state index contributed by atoms with van der Waals surface area (Å²) in [6.45, 7) is 4.56. The number of carbonyl (C=O) groups excluding carboxylic acids is 1. The summed E-state index contributed by atoms with van der Waals surface area (Å²) in [5.74, 6) is -0.839. The van der Waals surface area contributed by atoms with Gasteiger partial charge < -0.3 is 10.0 Å². The Labute approximate surface area is 125 Å². The number of carboxylic acid groups (broad SMARTS) is 1. The van der Waals surface area contributed by atoms with Crippen LogP contribution in [0.4, 0.5) is 0 Å². The third kappa shape index (κ3) is 3.43. The molecule has 0 aliphatic carbocycles. The summed E-state index contributed by atoms with van der Waals surface area (Å²) in [4.78, 5) is 25.9. The number of amides is 1. The van der Waals surface area contributed by atoms with Crippen molar-refractivity contribution in [2.45, 2.75) is 45.1 Å². The predicted octanol–water partition coefficient (Wildman–Crippen LogP) is 2.89. The van der Waals surface area contributed by atoms with Crippen LogP contribution in [0.2, 0.25) is 0 Å². The van der Waals surface area contributed by atoms with Crippen LogP contribution in [-0.4, -0.2) is 34.5 Å². The molecule has 1 fully saturated rings. The van der Waals surface area contributed by atoms with Crippen LogP contribution in [0.1, 0.15) is 44.6 Å². The number of carboxylic acids is 1. The van der Waals surface area contributed by atoms with Crippen molar-refractivity contribution in [3.05, 3.63) is 35.9 Å². The molecule has 1 amide bonds. The average Bonchev–Trinajstić information content (AvgIpc) is 2.48. The van der Waals surface area contributed by atoms with Crippen LogP contribution >= 0.6 is 0 Å². The Hall–Kier alpha value is -1.84. The number of hydrogen-bond acceptors (Lipinski definition) is 2. The quantitative estimate of drug-likeness (QED) is 0.927. The lowest BCUT2D eigenvalue weighted by molar-refractivity contribution is -0.153. The van der Waals surface area contributed by atoms with E-state index >= 15 is 0 Å². The first-order chi connectivity index (χ1) is 10.0. The first-order valence-electron chi connectivity index (χ1n) is 7.62. The molecule has 4 heteroatoms. The Morgan fingerprint density at radius 1 is 1.33 bits per heavy atom. The van der Waals surface area contributed by atoms with E-state index in [9.17, 15) is 14.7 Å². The van der Waals surface area contributed by atoms with Gasteiger partial charge in [-0.1, -0.05) is 44.2 Å². The molecule has 21 heavy (non-hydrogen) atoms. The largest absolute Gasteiger partial charge is 0.480 e. The first kappa shape index (κ1) is 15.5. The molecule has 0 spiro atoms. The predicted molar refractivity (Wildman–Crippen MR) is 81.0 cm³/mol. The molecule has 114 valence electrons. The minimum absolute atomic E-state index is 0.0528. The molecular formula is C17H23NO3. The Morgan fingerprint density at radius 2 is 2.00 bits per heavy atom. The van der Waals surface area contributed by atoms with Crippen molar-refractivity contribution in [1.29, 1.82) is 0 Å². The summed E-state index contributed by atoms with van der Waals surface area (Å²) in [6, 6.07) is 8.95. The highest BCUT2D eigenvalue weighted by molar-refractivity contribution is 5.88. The Kier molecular flexibility index (Phi) is 4.99. The third-order valence-electron chi connectivity index (χ3n) is 4.34. The van der Waals surface area contributed by atoms with Gasteiger partial charge in [0.1, 0.15) is 6.04 Å². The summed E-state index contributed by atoms with van der Waals surface area (Å²) in [6.07, 6.45) is 2.11.